The average molecular weight is 238 g/mol. The van der Waals surface area contributed by atoms with Crippen molar-refractivity contribution in [1.82, 2.24) is 0 Å². The van der Waals surface area contributed by atoms with Gasteiger partial charge in [-0.25, -0.2) is 0 Å². The number of hydrogen-bond donors (Lipinski definition) is 0. The summed E-state index contributed by atoms with van der Waals surface area (Å²) >= 11 is 0. The highest BCUT2D eigenvalue weighted by Crippen LogP contribution is 2.16. The molecule has 0 aliphatic carbocycles. The Morgan fingerprint density at radius 1 is 0.765 bits per heavy atom. The molecule has 0 aromatic heterocycles. The molecular weight excluding hydrogens is 220 g/mol. The van der Waals surface area contributed by atoms with E-state index >= 15 is 0 Å². The predicted octanol–water partition coefficient (Wildman–Crippen LogP) is 2.93. The van der Waals surface area contributed by atoms with E-state index in [9.17, 15) is 0 Å². The van der Waals surface area contributed by atoms with E-state index in [2.05, 4.69) is 74.5 Å². The van der Waals surface area contributed by atoms with Crippen molar-refractivity contribution in [2.45, 2.75) is 13.8 Å². The third-order valence-electron chi connectivity index (χ3n) is 3.16. The van der Waals surface area contributed by atoms with Gasteiger partial charge in [-0.2, -0.15) is 0 Å². The smallest absolute Gasteiger partial charge is 0.0822 e. The van der Waals surface area contributed by atoms with E-state index in [0.717, 1.165) is 0 Å². The zero-order chi connectivity index (χ0) is 12.1. The van der Waals surface area contributed by atoms with E-state index in [1.807, 2.05) is 0 Å². The second-order valence-corrected chi connectivity index (χ2v) is 6.66. The molecule has 0 fully saturated rings. The van der Waals surface area contributed by atoms with Crippen LogP contribution in [-0.4, -0.2) is 9.52 Å². The molecule has 2 aromatic rings. The molecular formula is C16H18Si. The van der Waals surface area contributed by atoms with E-state index in [4.69, 9.17) is 0 Å². The maximum atomic E-state index is 2.28. The zero-order valence-corrected chi connectivity index (χ0v) is 11.9. The van der Waals surface area contributed by atoms with Crippen molar-refractivity contribution in [3.63, 3.8) is 0 Å². The summed E-state index contributed by atoms with van der Waals surface area (Å²) in [6.07, 6.45) is 0. The van der Waals surface area contributed by atoms with Gasteiger partial charge in [0.2, 0.25) is 0 Å². The molecule has 0 unspecified atom stereocenters. The van der Waals surface area contributed by atoms with Crippen molar-refractivity contribution in [2.24, 2.45) is 0 Å². The average Bonchev–Trinajstić information content (AvgIpc) is 2.40. The van der Waals surface area contributed by atoms with E-state index in [1.54, 1.807) is 5.20 Å². The quantitative estimate of drug-likeness (QED) is 0.721. The van der Waals surface area contributed by atoms with Gasteiger partial charge in [-0.1, -0.05) is 71.0 Å². The lowest BCUT2D eigenvalue weighted by molar-refractivity contribution is 1.51. The minimum atomic E-state index is -0.299. The molecule has 0 atom stereocenters. The molecule has 2 aromatic carbocycles. The third-order valence-corrected chi connectivity index (χ3v) is 5.10. The normalized spacial score (nSPS) is 12.8. The second kappa shape index (κ2) is 5.64. The highest BCUT2D eigenvalue weighted by Gasteiger charge is 2.01. The lowest BCUT2D eigenvalue weighted by Gasteiger charge is -2.08. The summed E-state index contributed by atoms with van der Waals surface area (Å²) < 4.78 is 0. The van der Waals surface area contributed by atoms with Crippen molar-refractivity contribution in [3.05, 3.63) is 71.4 Å². The van der Waals surface area contributed by atoms with Gasteiger partial charge in [0.15, 0.2) is 0 Å². The summed E-state index contributed by atoms with van der Waals surface area (Å²) in [4.78, 5) is 0. The third kappa shape index (κ3) is 3.18. The Labute approximate surface area is 106 Å². The number of allylic oxidation sites excluding steroid dienone is 2. The van der Waals surface area contributed by atoms with Crippen LogP contribution >= 0.6 is 0 Å². The van der Waals surface area contributed by atoms with E-state index in [1.165, 1.54) is 16.3 Å². The summed E-state index contributed by atoms with van der Waals surface area (Å²) in [6.45, 7) is 4.52. The van der Waals surface area contributed by atoms with Crippen LogP contribution in [-0.2, 0) is 0 Å². The van der Waals surface area contributed by atoms with Crippen LogP contribution < -0.4 is 5.19 Å². The number of hydrogen-bond acceptors (Lipinski definition) is 0. The molecule has 0 saturated carbocycles. The topological polar surface area (TPSA) is 0 Å². The Morgan fingerprint density at radius 3 is 1.88 bits per heavy atom. The van der Waals surface area contributed by atoms with Crippen LogP contribution in [0.15, 0.2) is 65.9 Å². The van der Waals surface area contributed by atoms with E-state index < -0.39 is 0 Å². The molecule has 2 rings (SSSR count). The van der Waals surface area contributed by atoms with Crippen LogP contribution in [0.4, 0.5) is 0 Å². The molecule has 17 heavy (non-hydrogen) atoms. The SMILES string of the molecule is CC([SiH2]c1ccccc1)=C(C)c1ccccc1. The number of benzene rings is 2. The standard InChI is InChI=1S/C16H18Si/c1-13(15-9-5-3-6-10-15)14(2)17-16-11-7-4-8-12-16/h3-12H,17H2,1-2H3. The summed E-state index contributed by atoms with van der Waals surface area (Å²) in [7, 11) is -0.299. The Kier molecular flexibility index (Phi) is 3.94. The largest absolute Gasteiger partial charge is 0.0824 e. The van der Waals surface area contributed by atoms with Crippen LogP contribution in [0.5, 0.6) is 0 Å². The van der Waals surface area contributed by atoms with Crippen LogP contribution in [0.25, 0.3) is 5.57 Å². The lowest BCUT2D eigenvalue weighted by atomic mass is 10.1. The maximum absolute atomic E-state index is 2.28. The van der Waals surface area contributed by atoms with Gasteiger partial charge >= 0.3 is 0 Å². The van der Waals surface area contributed by atoms with Crippen molar-refractivity contribution in [3.8, 4) is 0 Å². The van der Waals surface area contributed by atoms with Crippen LogP contribution in [0, 0.1) is 0 Å². The monoisotopic (exact) mass is 238 g/mol. The highest BCUT2D eigenvalue weighted by molar-refractivity contribution is 6.62. The summed E-state index contributed by atoms with van der Waals surface area (Å²) in [5, 5.41) is 3.09. The zero-order valence-electron chi connectivity index (χ0n) is 10.5. The molecule has 0 aliphatic rings. The molecule has 0 saturated heterocycles. The Balaban J connectivity index is 2.22. The first kappa shape index (κ1) is 11.9. The Bertz CT molecular complexity index is 498. The van der Waals surface area contributed by atoms with Crippen molar-refractivity contribution in [1.29, 1.82) is 0 Å². The molecule has 0 heterocycles. The van der Waals surface area contributed by atoms with Gasteiger partial charge in [-0.05, 0) is 25.0 Å². The summed E-state index contributed by atoms with van der Waals surface area (Å²) in [5.74, 6) is 0. The van der Waals surface area contributed by atoms with Crippen LogP contribution in [0.1, 0.15) is 19.4 Å². The second-order valence-electron chi connectivity index (χ2n) is 4.43. The lowest BCUT2D eigenvalue weighted by Crippen LogP contribution is -2.15. The maximum Gasteiger partial charge on any atom is 0.0824 e. The van der Waals surface area contributed by atoms with Gasteiger partial charge in [0.1, 0.15) is 0 Å². The molecule has 0 bridgehead atoms. The molecule has 0 N–H and O–H groups in total. The molecule has 0 radical (unpaired) electrons. The van der Waals surface area contributed by atoms with Gasteiger partial charge in [-0.15, -0.1) is 0 Å². The highest BCUT2D eigenvalue weighted by atomic mass is 28.2. The minimum Gasteiger partial charge on any atom is -0.0822 e. The number of rotatable bonds is 3. The first-order valence-electron chi connectivity index (χ1n) is 6.03. The van der Waals surface area contributed by atoms with Gasteiger partial charge in [0, 0.05) is 0 Å². The first-order valence-corrected chi connectivity index (χ1v) is 7.44. The molecule has 1 heteroatoms. The van der Waals surface area contributed by atoms with Gasteiger partial charge in [0.25, 0.3) is 0 Å². The Hall–Kier alpha value is -1.60. The van der Waals surface area contributed by atoms with Crippen molar-refractivity contribution < 1.29 is 0 Å². The van der Waals surface area contributed by atoms with Gasteiger partial charge in [-0.3, -0.25) is 0 Å². The Morgan fingerprint density at radius 2 is 1.29 bits per heavy atom. The van der Waals surface area contributed by atoms with Crippen LogP contribution in [0.2, 0.25) is 0 Å². The van der Waals surface area contributed by atoms with Gasteiger partial charge in [0.05, 0.1) is 9.52 Å². The molecule has 0 spiro atoms. The van der Waals surface area contributed by atoms with Gasteiger partial charge < -0.3 is 0 Å². The van der Waals surface area contributed by atoms with E-state index in [-0.39, 0.29) is 9.52 Å². The summed E-state index contributed by atoms with van der Waals surface area (Å²) in [5.41, 5.74) is 2.80. The fraction of sp³-hybridized carbons (Fsp3) is 0.125. The minimum absolute atomic E-state index is 0.299. The molecule has 86 valence electrons. The fourth-order valence-corrected chi connectivity index (χ4v) is 3.56. The van der Waals surface area contributed by atoms with Crippen molar-refractivity contribution >= 4 is 20.3 Å². The fourth-order valence-electron chi connectivity index (χ4n) is 1.97. The molecule has 0 amide bonds. The van der Waals surface area contributed by atoms with E-state index in [0.29, 0.717) is 0 Å². The molecule has 0 aliphatic heterocycles. The predicted molar refractivity (Wildman–Crippen MR) is 79.3 cm³/mol. The summed E-state index contributed by atoms with van der Waals surface area (Å²) in [6, 6.07) is 21.5. The first-order chi connectivity index (χ1) is 8.27. The van der Waals surface area contributed by atoms with Crippen LogP contribution in [0.3, 0.4) is 0 Å². The molecule has 0 nitrogen and oxygen atoms in total. The van der Waals surface area contributed by atoms with Crippen molar-refractivity contribution in [2.75, 3.05) is 0 Å².